The summed E-state index contributed by atoms with van der Waals surface area (Å²) in [6.45, 7) is 14.2. The van der Waals surface area contributed by atoms with Gasteiger partial charge in [0.1, 0.15) is 5.82 Å². The van der Waals surface area contributed by atoms with Crippen LogP contribution in [-0.4, -0.2) is 64.3 Å². The zero-order chi connectivity index (χ0) is 23.4. The highest BCUT2D eigenvalue weighted by Crippen LogP contribution is 2.30. The first-order valence-corrected chi connectivity index (χ1v) is 12.8. The number of carbonyl (C=O) groups excluding carboxylic acids is 1. The van der Waals surface area contributed by atoms with Crippen molar-refractivity contribution in [3.63, 3.8) is 0 Å². The number of rotatable bonds is 8. The Kier molecular flexibility index (Phi) is 7.50. The monoisotopic (exact) mass is 465 g/mol. The zero-order valence-electron chi connectivity index (χ0n) is 20.2. The maximum atomic E-state index is 13.3. The fourth-order valence-corrected chi connectivity index (χ4v) is 5.17. The van der Waals surface area contributed by atoms with Crippen LogP contribution in [-0.2, 0) is 17.8 Å². The van der Waals surface area contributed by atoms with Gasteiger partial charge in [-0.2, -0.15) is 5.10 Å². The molecule has 1 fully saturated rings. The highest BCUT2D eigenvalue weighted by molar-refractivity contribution is 7.10. The summed E-state index contributed by atoms with van der Waals surface area (Å²) in [6.07, 6.45) is 0.451. The molecule has 1 aromatic carbocycles. The summed E-state index contributed by atoms with van der Waals surface area (Å²) in [5.41, 5.74) is 3.19. The summed E-state index contributed by atoms with van der Waals surface area (Å²) < 4.78 is 2.08. The van der Waals surface area contributed by atoms with E-state index < -0.39 is 0 Å². The van der Waals surface area contributed by atoms with E-state index in [0.29, 0.717) is 13.0 Å². The molecular weight excluding hydrogens is 430 g/mol. The number of amides is 1. The van der Waals surface area contributed by atoms with Crippen LogP contribution in [0.3, 0.4) is 0 Å². The third kappa shape index (κ3) is 5.31. The molecule has 0 N–H and O–H groups in total. The van der Waals surface area contributed by atoms with Gasteiger partial charge in [0.05, 0.1) is 24.3 Å². The Labute approximate surface area is 201 Å². The Balaban J connectivity index is 1.69. The molecule has 0 aliphatic carbocycles. The summed E-state index contributed by atoms with van der Waals surface area (Å²) in [5, 5.41) is 7.00. The first kappa shape index (κ1) is 23.5. The van der Waals surface area contributed by atoms with Crippen LogP contribution in [0, 0.1) is 6.92 Å². The van der Waals surface area contributed by atoms with Crippen LogP contribution in [0.15, 0.2) is 47.8 Å². The number of para-hydroxylation sites is 1. The molecule has 1 amide bonds. The van der Waals surface area contributed by atoms with Crippen LogP contribution < -0.4 is 4.90 Å². The smallest absolute Gasteiger partial charge is 0.228 e. The number of likely N-dealkylation sites (N-methyl/N-ethyl adjacent to an activating group) is 1. The van der Waals surface area contributed by atoms with Gasteiger partial charge in [-0.25, -0.2) is 4.68 Å². The minimum absolute atomic E-state index is 0.113. The van der Waals surface area contributed by atoms with Crippen molar-refractivity contribution in [2.45, 2.75) is 46.7 Å². The molecule has 7 heteroatoms. The van der Waals surface area contributed by atoms with Gasteiger partial charge < -0.3 is 14.7 Å². The van der Waals surface area contributed by atoms with Gasteiger partial charge in [-0.15, -0.1) is 11.3 Å². The van der Waals surface area contributed by atoms with Crippen molar-refractivity contribution >= 4 is 23.1 Å². The zero-order valence-corrected chi connectivity index (χ0v) is 21.0. The van der Waals surface area contributed by atoms with E-state index in [9.17, 15) is 4.79 Å². The van der Waals surface area contributed by atoms with E-state index in [4.69, 9.17) is 5.10 Å². The minimum Gasteiger partial charge on any atom is -0.354 e. The number of hydrogen-bond donors (Lipinski definition) is 0. The van der Waals surface area contributed by atoms with E-state index >= 15 is 0 Å². The molecule has 176 valence electrons. The SMILES string of the molecule is CCN1CCN(c2c(CN(C(=O)Cc3cccs3)C(C)C)c(C)nn2-c2ccccc2)CC1. The van der Waals surface area contributed by atoms with E-state index in [-0.39, 0.29) is 11.9 Å². The lowest BCUT2D eigenvalue weighted by Crippen LogP contribution is -2.47. The van der Waals surface area contributed by atoms with Gasteiger partial charge in [-0.3, -0.25) is 4.79 Å². The Morgan fingerprint density at radius 3 is 2.42 bits per heavy atom. The number of nitrogens with zero attached hydrogens (tertiary/aromatic N) is 5. The van der Waals surface area contributed by atoms with E-state index in [1.54, 1.807) is 11.3 Å². The predicted molar refractivity (Wildman–Crippen MR) is 136 cm³/mol. The number of carbonyl (C=O) groups is 1. The van der Waals surface area contributed by atoms with Crippen molar-refractivity contribution in [2.75, 3.05) is 37.6 Å². The average Bonchev–Trinajstić information content (AvgIpc) is 3.45. The molecule has 0 spiro atoms. The largest absolute Gasteiger partial charge is 0.354 e. The second kappa shape index (κ2) is 10.5. The average molecular weight is 466 g/mol. The van der Waals surface area contributed by atoms with Crippen molar-refractivity contribution in [1.82, 2.24) is 19.6 Å². The minimum atomic E-state index is 0.113. The van der Waals surface area contributed by atoms with Crippen molar-refractivity contribution < 1.29 is 4.79 Å². The number of thiophene rings is 1. The molecule has 33 heavy (non-hydrogen) atoms. The number of piperazine rings is 1. The molecule has 6 nitrogen and oxygen atoms in total. The number of hydrogen-bond acceptors (Lipinski definition) is 5. The van der Waals surface area contributed by atoms with E-state index in [0.717, 1.165) is 60.4 Å². The van der Waals surface area contributed by atoms with Crippen molar-refractivity contribution in [3.8, 4) is 5.69 Å². The number of aryl methyl sites for hydroxylation is 1. The molecule has 0 atom stereocenters. The molecule has 2 aromatic heterocycles. The molecule has 1 saturated heterocycles. The van der Waals surface area contributed by atoms with Crippen molar-refractivity contribution in [2.24, 2.45) is 0 Å². The van der Waals surface area contributed by atoms with Gasteiger partial charge in [0.15, 0.2) is 0 Å². The normalized spacial score (nSPS) is 14.8. The van der Waals surface area contributed by atoms with Gasteiger partial charge in [0.2, 0.25) is 5.91 Å². The second-order valence-corrected chi connectivity index (χ2v) is 9.96. The molecule has 4 rings (SSSR count). The van der Waals surface area contributed by atoms with Crippen LogP contribution in [0.5, 0.6) is 0 Å². The fraction of sp³-hybridized carbons (Fsp3) is 0.462. The van der Waals surface area contributed by atoms with Crippen LogP contribution >= 0.6 is 11.3 Å². The highest BCUT2D eigenvalue weighted by Gasteiger charge is 2.28. The summed E-state index contributed by atoms with van der Waals surface area (Å²) in [7, 11) is 0. The van der Waals surface area contributed by atoms with Gasteiger partial charge in [-0.05, 0) is 50.9 Å². The molecule has 0 unspecified atom stereocenters. The Hall–Kier alpha value is -2.64. The third-order valence-corrected chi connectivity index (χ3v) is 7.33. The lowest BCUT2D eigenvalue weighted by atomic mass is 10.1. The second-order valence-electron chi connectivity index (χ2n) is 8.93. The fourth-order valence-electron chi connectivity index (χ4n) is 4.48. The van der Waals surface area contributed by atoms with Crippen LogP contribution in [0.2, 0.25) is 0 Å². The summed E-state index contributed by atoms with van der Waals surface area (Å²) in [5.74, 6) is 1.30. The highest BCUT2D eigenvalue weighted by atomic mass is 32.1. The van der Waals surface area contributed by atoms with E-state index in [1.165, 1.54) is 0 Å². The van der Waals surface area contributed by atoms with Crippen molar-refractivity contribution in [1.29, 1.82) is 0 Å². The van der Waals surface area contributed by atoms with Crippen molar-refractivity contribution in [3.05, 3.63) is 64.0 Å². The Bertz CT molecular complexity index is 1040. The molecule has 1 aliphatic heterocycles. The topological polar surface area (TPSA) is 44.6 Å². The summed E-state index contributed by atoms with van der Waals surface area (Å²) >= 11 is 1.64. The van der Waals surface area contributed by atoms with Gasteiger partial charge in [-0.1, -0.05) is 31.2 Å². The third-order valence-electron chi connectivity index (χ3n) is 6.45. The van der Waals surface area contributed by atoms with Gasteiger partial charge in [0.25, 0.3) is 0 Å². The van der Waals surface area contributed by atoms with Crippen LogP contribution in [0.4, 0.5) is 5.82 Å². The molecule has 3 heterocycles. The molecule has 0 saturated carbocycles. The first-order valence-electron chi connectivity index (χ1n) is 11.9. The standard InChI is InChI=1S/C26H35N5OS/c1-5-28-13-15-29(16-14-28)26-24(21(4)27-31(26)22-10-7-6-8-11-22)19-30(20(2)3)25(32)18-23-12-9-17-33-23/h6-12,17,20H,5,13-16,18-19H2,1-4H3. The molecular formula is C26H35N5OS. The quantitative estimate of drug-likeness (QED) is 0.496. The first-order chi connectivity index (χ1) is 16.0. The predicted octanol–water partition coefficient (Wildman–Crippen LogP) is 4.36. The van der Waals surface area contributed by atoms with E-state index in [2.05, 4.69) is 66.4 Å². The Morgan fingerprint density at radius 2 is 1.82 bits per heavy atom. The lowest BCUT2D eigenvalue weighted by molar-refractivity contribution is -0.132. The number of aromatic nitrogens is 2. The maximum Gasteiger partial charge on any atom is 0.228 e. The van der Waals surface area contributed by atoms with Gasteiger partial charge >= 0.3 is 0 Å². The summed E-state index contributed by atoms with van der Waals surface area (Å²) in [4.78, 5) is 21.4. The molecule has 3 aromatic rings. The van der Waals surface area contributed by atoms with Gasteiger partial charge in [0, 0.05) is 42.7 Å². The number of benzene rings is 1. The van der Waals surface area contributed by atoms with Crippen LogP contribution in [0.25, 0.3) is 5.69 Å². The lowest BCUT2D eigenvalue weighted by Gasteiger charge is -2.36. The Morgan fingerprint density at radius 1 is 1.09 bits per heavy atom. The summed E-state index contributed by atoms with van der Waals surface area (Å²) in [6, 6.07) is 14.5. The molecule has 0 bridgehead atoms. The molecule has 0 radical (unpaired) electrons. The maximum absolute atomic E-state index is 13.3. The number of anilines is 1. The molecule has 1 aliphatic rings. The van der Waals surface area contributed by atoms with Crippen LogP contribution in [0.1, 0.15) is 36.9 Å². The van der Waals surface area contributed by atoms with E-state index in [1.807, 2.05) is 28.5 Å².